The first-order chi connectivity index (χ1) is 23.9. The lowest BCUT2D eigenvalue weighted by atomic mass is 9.53. The molecule has 0 spiro atoms. The van der Waals surface area contributed by atoms with Gasteiger partial charge in [-0.15, -0.1) is 5.10 Å². The number of aliphatic hydroxyl groups excluding tert-OH is 1. The zero-order valence-corrected chi connectivity index (χ0v) is 28.6. The van der Waals surface area contributed by atoms with E-state index in [1.807, 2.05) is 37.4 Å². The van der Waals surface area contributed by atoms with Crippen LogP contribution in [0.2, 0.25) is 0 Å². The number of rotatable bonds is 10. The first-order valence-corrected chi connectivity index (χ1v) is 18.5. The lowest BCUT2D eigenvalue weighted by Gasteiger charge is -2.56. The van der Waals surface area contributed by atoms with E-state index in [9.17, 15) is 9.90 Å². The van der Waals surface area contributed by atoms with Gasteiger partial charge in [0.2, 0.25) is 5.16 Å². The Kier molecular flexibility index (Phi) is 9.17. The molecule has 5 fully saturated rings. The molecule has 4 aromatic rings. The summed E-state index contributed by atoms with van der Waals surface area (Å²) in [7, 11) is 1.83. The maximum absolute atomic E-state index is 13.1. The Bertz CT molecular complexity index is 1730. The number of aromatic nitrogens is 4. The summed E-state index contributed by atoms with van der Waals surface area (Å²) in [6.45, 7) is 0.490. The molecule has 4 aliphatic carbocycles. The van der Waals surface area contributed by atoms with E-state index in [0.29, 0.717) is 18.7 Å². The number of thioether (sulfide) groups is 1. The van der Waals surface area contributed by atoms with Gasteiger partial charge >= 0.3 is 6.03 Å². The van der Waals surface area contributed by atoms with Crippen molar-refractivity contribution in [2.24, 2.45) is 24.8 Å². The molecule has 256 valence electrons. The molecule has 1 aromatic heterocycles. The molecule has 49 heavy (non-hydrogen) atoms. The van der Waals surface area contributed by atoms with Crippen molar-refractivity contribution in [1.82, 2.24) is 30.8 Å². The molecule has 5 aliphatic rings. The van der Waals surface area contributed by atoms with Crippen molar-refractivity contribution in [3.63, 3.8) is 0 Å². The zero-order chi connectivity index (χ0) is 33.4. The summed E-state index contributed by atoms with van der Waals surface area (Å²) in [5.74, 6) is 3.07. The molecule has 1 aliphatic heterocycles. The summed E-state index contributed by atoms with van der Waals surface area (Å²) >= 11 is 1.56. The summed E-state index contributed by atoms with van der Waals surface area (Å²) in [4.78, 5) is 13.1. The fourth-order valence-corrected chi connectivity index (χ4v) is 9.83. The Balaban J connectivity index is 0.921. The van der Waals surface area contributed by atoms with Crippen LogP contribution in [0.15, 0.2) is 78.0 Å². The van der Waals surface area contributed by atoms with E-state index in [1.165, 1.54) is 19.3 Å². The normalized spacial score (nSPS) is 28.8. The van der Waals surface area contributed by atoms with Gasteiger partial charge in [0.25, 0.3) is 0 Å². The third-order valence-corrected chi connectivity index (χ3v) is 12.1. The van der Waals surface area contributed by atoms with Crippen molar-refractivity contribution in [3.05, 3.63) is 95.1 Å². The summed E-state index contributed by atoms with van der Waals surface area (Å²) in [5, 5.41) is 28.6. The number of hydrogen-bond donors (Lipinski definition) is 3. The molecule has 4 saturated carbocycles. The van der Waals surface area contributed by atoms with Crippen molar-refractivity contribution in [2.75, 3.05) is 5.75 Å². The average molecular weight is 681 g/mol. The van der Waals surface area contributed by atoms with Gasteiger partial charge in [-0.1, -0.05) is 78.5 Å². The molecule has 2 amide bonds. The van der Waals surface area contributed by atoms with Crippen LogP contribution in [0.4, 0.5) is 4.79 Å². The largest absolute Gasteiger partial charge is 0.392 e. The standard InChI is InChI=1S/C38H44N6O4S/c1-44-37(41-42-43-44)49-23-33-17-34(30-7-5-24(22-45)6-8-30)48-35(47-33)31-11-9-29(10-12-31)32-4-2-3-25(16-32)21-39-36(46)40-38-18-26-13-27(19-38)15-28(14-26)20-38/h2-12,16,26-28,33-35,45H,13-15,17-23H2,1H3,(H2,39,40,46)/t26?,27?,28?,33-,34+,35+,38?/m1/s1. The molecule has 0 unspecified atom stereocenters. The average Bonchev–Trinajstić information content (AvgIpc) is 3.53. The lowest BCUT2D eigenvalue weighted by Crippen LogP contribution is -2.61. The highest BCUT2D eigenvalue weighted by Crippen LogP contribution is 2.55. The van der Waals surface area contributed by atoms with E-state index < -0.39 is 6.29 Å². The van der Waals surface area contributed by atoms with Crippen LogP contribution in [0.3, 0.4) is 0 Å². The smallest absolute Gasteiger partial charge is 0.315 e. The Morgan fingerprint density at radius 2 is 1.61 bits per heavy atom. The second-order valence-corrected chi connectivity index (χ2v) is 15.6. The monoisotopic (exact) mass is 680 g/mol. The lowest BCUT2D eigenvalue weighted by molar-refractivity contribution is -0.245. The first-order valence-electron chi connectivity index (χ1n) is 17.5. The zero-order valence-electron chi connectivity index (χ0n) is 27.8. The Labute approximate surface area is 291 Å². The maximum Gasteiger partial charge on any atom is 0.315 e. The minimum absolute atomic E-state index is 0.00527. The number of aliphatic hydroxyl groups is 1. The number of carbonyl (C=O) groups is 1. The number of nitrogens with zero attached hydrogens (tertiary/aromatic N) is 4. The van der Waals surface area contributed by atoms with Gasteiger partial charge in [-0.2, -0.15) is 0 Å². The number of urea groups is 1. The highest BCUT2D eigenvalue weighted by Gasteiger charge is 2.51. The second kappa shape index (κ2) is 13.9. The minimum atomic E-state index is -0.545. The van der Waals surface area contributed by atoms with Gasteiger partial charge in [0, 0.05) is 36.9 Å². The Hall–Kier alpha value is -3.77. The van der Waals surface area contributed by atoms with Crippen molar-refractivity contribution >= 4 is 17.8 Å². The predicted octanol–water partition coefficient (Wildman–Crippen LogP) is 6.48. The highest BCUT2D eigenvalue weighted by atomic mass is 32.2. The van der Waals surface area contributed by atoms with E-state index in [-0.39, 0.29) is 30.4 Å². The van der Waals surface area contributed by atoms with Crippen molar-refractivity contribution in [1.29, 1.82) is 0 Å². The van der Waals surface area contributed by atoms with Crippen LogP contribution in [-0.4, -0.2) is 48.7 Å². The molecule has 10 nitrogen and oxygen atoms in total. The highest BCUT2D eigenvalue weighted by molar-refractivity contribution is 7.99. The topological polar surface area (TPSA) is 123 Å². The van der Waals surface area contributed by atoms with Gasteiger partial charge in [-0.05, 0) is 101 Å². The minimum Gasteiger partial charge on any atom is -0.392 e. The maximum atomic E-state index is 13.1. The Morgan fingerprint density at radius 1 is 0.898 bits per heavy atom. The number of nitrogens with one attached hydrogen (secondary N) is 2. The fraction of sp³-hybridized carbons (Fsp3) is 0.474. The van der Waals surface area contributed by atoms with Crippen LogP contribution in [0.1, 0.15) is 79.6 Å². The van der Waals surface area contributed by atoms with E-state index in [4.69, 9.17) is 9.47 Å². The first kappa shape index (κ1) is 32.4. The number of hydrogen-bond acceptors (Lipinski definition) is 8. The van der Waals surface area contributed by atoms with Crippen LogP contribution < -0.4 is 10.6 Å². The van der Waals surface area contributed by atoms with Gasteiger partial charge in [-0.25, -0.2) is 9.48 Å². The van der Waals surface area contributed by atoms with Gasteiger partial charge in [0.15, 0.2) is 6.29 Å². The van der Waals surface area contributed by atoms with Gasteiger partial charge < -0.3 is 25.2 Å². The third-order valence-electron chi connectivity index (χ3n) is 10.9. The van der Waals surface area contributed by atoms with E-state index in [0.717, 1.165) is 75.6 Å². The molecular formula is C38H44N6O4S. The second-order valence-electron chi connectivity index (χ2n) is 14.6. The van der Waals surface area contributed by atoms with Crippen LogP contribution >= 0.6 is 11.8 Å². The molecule has 2 heterocycles. The molecule has 3 atom stereocenters. The summed E-state index contributed by atoms with van der Waals surface area (Å²) in [6, 6.07) is 24.6. The molecule has 11 heteroatoms. The van der Waals surface area contributed by atoms with Crippen LogP contribution in [0.25, 0.3) is 11.1 Å². The van der Waals surface area contributed by atoms with Gasteiger partial charge in [-0.3, -0.25) is 0 Å². The predicted molar refractivity (Wildman–Crippen MR) is 186 cm³/mol. The SMILES string of the molecule is Cn1nnnc1SC[C@H]1C[C@@H](c2ccc(CO)cc2)O[C@@H](c2ccc(-c3cccc(CNC(=O)NC45CC6CC(CC(C6)C4)C5)c3)cc2)O1. The Morgan fingerprint density at radius 3 is 2.29 bits per heavy atom. The van der Waals surface area contributed by atoms with E-state index in [1.54, 1.807) is 16.4 Å². The molecule has 3 N–H and O–H groups in total. The molecule has 1 saturated heterocycles. The third kappa shape index (κ3) is 7.26. The van der Waals surface area contributed by atoms with Crippen LogP contribution in [-0.2, 0) is 29.7 Å². The van der Waals surface area contributed by atoms with Gasteiger partial charge in [0.05, 0.1) is 18.8 Å². The van der Waals surface area contributed by atoms with Gasteiger partial charge in [0.1, 0.15) is 0 Å². The number of ether oxygens (including phenoxy) is 2. The fourth-order valence-electron chi connectivity index (χ4n) is 8.96. The van der Waals surface area contributed by atoms with Crippen molar-refractivity contribution in [3.8, 4) is 11.1 Å². The number of amides is 2. The number of carbonyl (C=O) groups excluding carboxylic acids is 1. The van der Waals surface area contributed by atoms with Crippen molar-refractivity contribution < 1.29 is 19.4 Å². The van der Waals surface area contributed by atoms with E-state index in [2.05, 4.69) is 68.6 Å². The summed E-state index contributed by atoms with van der Waals surface area (Å²) < 4.78 is 14.7. The molecular weight excluding hydrogens is 637 g/mol. The number of aryl methyl sites for hydroxylation is 1. The quantitative estimate of drug-likeness (QED) is 0.163. The van der Waals surface area contributed by atoms with E-state index >= 15 is 0 Å². The number of tetrazole rings is 1. The van der Waals surface area contributed by atoms with Crippen LogP contribution in [0.5, 0.6) is 0 Å². The number of benzene rings is 3. The van der Waals surface area contributed by atoms with Crippen molar-refractivity contribution in [2.45, 2.75) is 87.3 Å². The molecule has 4 bridgehead atoms. The summed E-state index contributed by atoms with van der Waals surface area (Å²) in [6.07, 6.45) is 7.41. The van der Waals surface area contributed by atoms with Crippen LogP contribution in [0, 0.1) is 17.8 Å². The summed E-state index contributed by atoms with van der Waals surface area (Å²) in [5.41, 5.74) is 6.10. The molecule has 3 aromatic carbocycles. The molecule has 9 rings (SSSR count). The molecule has 0 radical (unpaired) electrons.